The van der Waals surface area contributed by atoms with Crippen molar-refractivity contribution < 1.29 is 17.9 Å². The van der Waals surface area contributed by atoms with E-state index in [9.17, 15) is 13.7 Å². The fourth-order valence-corrected chi connectivity index (χ4v) is 3.48. The SMILES string of the molecule is Cc1ccc(S(=O)(=O)/C(C#N)=C/c2ccc3c(c2)OCCO3)cc1. The van der Waals surface area contributed by atoms with Crippen LogP contribution in [0, 0.1) is 18.3 Å². The molecule has 1 heterocycles. The van der Waals surface area contributed by atoms with Crippen LogP contribution >= 0.6 is 0 Å². The Morgan fingerprint density at radius 3 is 2.42 bits per heavy atom. The molecule has 6 heteroatoms. The first kappa shape index (κ1) is 16.1. The summed E-state index contributed by atoms with van der Waals surface area (Å²) in [5.74, 6) is 1.15. The van der Waals surface area contributed by atoms with Crippen LogP contribution in [0.5, 0.6) is 11.5 Å². The van der Waals surface area contributed by atoms with Gasteiger partial charge in [-0.3, -0.25) is 0 Å². The van der Waals surface area contributed by atoms with Crippen LogP contribution in [0.2, 0.25) is 0 Å². The molecule has 5 nitrogen and oxygen atoms in total. The number of allylic oxidation sites excluding steroid dienone is 1. The topological polar surface area (TPSA) is 76.4 Å². The molecule has 122 valence electrons. The third-order valence-corrected chi connectivity index (χ3v) is 5.28. The summed E-state index contributed by atoms with van der Waals surface area (Å²) in [6.07, 6.45) is 1.34. The van der Waals surface area contributed by atoms with Gasteiger partial charge in [-0.25, -0.2) is 8.42 Å². The lowest BCUT2D eigenvalue weighted by atomic mass is 10.2. The van der Waals surface area contributed by atoms with Gasteiger partial charge in [0.25, 0.3) is 0 Å². The molecule has 1 aliphatic heterocycles. The first-order chi connectivity index (χ1) is 11.5. The highest BCUT2D eigenvalue weighted by Gasteiger charge is 2.21. The Morgan fingerprint density at radius 2 is 1.75 bits per heavy atom. The Morgan fingerprint density at radius 1 is 1.08 bits per heavy atom. The van der Waals surface area contributed by atoms with Gasteiger partial charge in [-0.05, 0) is 42.8 Å². The largest absolute Gasteiger partial charge is 0.486 e. The van der Waals surface area contributed by atoms with Gasteiger partial charge < -0.3 is 9.47 Å². The highest BCUT2D eigenvalue weighted by molar-refractivity contribution is 7.95. The molecule has 0 spiro atoms. The molecule has 24 heavy (non-hydrogen) atoms. The van der Waals surface area contributed by atoms with E-state index in [4.69, 9.17) is 9.47 Å². The van der Waals surface area contributed by atoms with E-state index in [-0.39, 0.29) is 9.80 Å². The fourth-order valence-electron chi connectivity index (χ4n) is 2.32. The van der Waals surface area contributed by atoms with Crippen LogP contribution in [0.4, 0.5) is 0 Å². The molecule has 2 aromatic carbocycles. The molecular formula is C18H15NO4S. The van der Waals surface area contributed by atoms with Crippen molar-refractivity contribution in [2.24, 2.45) is 0 Å². The molecule has 0 amide bonds. The minimum Gasteiger partial charge on any atom is -0.486 e. The summed E-state index contributed by atoms with van der Waals surface area (Å²) in [6, 6.07) is 13.2. The maximum Gasteiger partial charge on any atom is 0.216 e. The predicted molar refractivity (Wildman–Crippen MR) is 89.4 cm³/mol. The van der Waals surface area contributed by atoms with Crippen LogP contribution in [-0.4, -0.2) is 21.6 Å². The van der Waals surface area contributed by atoms with E-state index in [2.05, 4.69) is 0 Å². The van der Waals surface area contributed by atoms with Gasteiger partial charge in [0, 0.05) is 0 Å². The van der Waals surface area contributed by atoms with Gasteiger partial charge >= 0.3 is 0 Å². The lowest BCUT2D eigenvalue weighted by Gasteiger charge is -2.18. The maximum atomic E-state index is 12.6. The Kier molecular flexibility index (Phi) is 4.28. The van der Waals surface area contributed by atoms with E-state index in [0.717, 1.165) is 5.56 Å². The van der Waals surface area contributed by atoms with Crippen LogP contribution in [0.1, 0.15) is 11.1 Å². The molecule has 0 aliphatic carbocycles. The number of rotatable bonds is 3. The minimum atomic E-state index is -3.86. The molecule has 0 unspecified atom stereocenters. The summed E-state index contributed by atoms with van der Waals surface area (Å²) in [4.78, 5) is -0.221. The highest BCUT2D eigenvalue weighted by atomic mass is 32.2. The summed E-state index contributed by atoms with van der Waals surface area (Å²) >= 11 is 0. The van der Waals surface area contributed by atoms with Crippen molar-refractivity contribution in [3.05, 3.63) is 58.5 Å². The lowest BCUT2D eigenvalue weighted by molar-refractivity contribution is 0.171. The summed E-state index contributed by atoms with van der Waals surface area (Å²) in [5, 5.41) is 9.32. The van der Waals surface area contributed by atoms with Gasteiger partial charge in [0.05, 0.1) is 4.90 Å². The number of benzene rings is 2. The number of fused-ring (bicyclic) bond motifs is 1. The fraction of sp³-hybridized carbons (Fsp3) is 0.167. The highest BCUT2D eigenvalue weighted by Crippen LogP contribution is 2.32. The molecule has 0 bridgehead atoms. The van der Waals surface area contributed by atoms with Crippen LogP contribution in [-0.2, 0) is 9.84 Å². The van der Waals surface area contributed by atoms with E-state index in [1.54, 1.807) is 36.4 Å². The Bertz CT molecular complexity index is 938. The molecule has 0 saturated heterocycles. The predicted octanol–water partition coefficient (Wildman–Crippen LogP) is 3.10. The van der Waals surface area contributed by atoms with Crippen LogP contribution < -0.4 is 9.47 Å². The summed E-state index contributed by atoms with van der Waals surface area (Å²) in [5.41, 5.74) is 1.51. The van der Waals surface area contributed by atoms with Crippen LogP contribution in [0.25, 0.3) is 6.08 Å². The number of aryl methyl sites for hydroxylation is 1. The second-order valence-corrected chi connectivity index (χ2v) is 7.26. The van der Waals surface area contributed by atoms with E-state index in [0.29, 0.717) is 30.3 Å². The second kappa shape index (κ2) is 6.38. The third kappa shape index (κ3) is 3.12. The van der Waals surface area contributed by atoms with Crippen molar-refractivity contribution in [2.75, 3.05) is 13.2 Å². The molecule has 2 aromatic rings. The number of hydrogen-bond donors (Lipinski definition) is 0. The van der Waals surface area contributed by atoms with E-state index >= 15 is 0 Å². The summed E-state index contributed by atoms with van der Waals surface area (Å²) < 4.78 is 36.1. The normalized spacial score (nSPS) is 14.1. The summed E-state index contributed by atoms with van der Waals surface area (Å²) in [7, 11) is -3.86. The average molecular weight is 341 g/mol. The number of ether oxygens (including phenoxy) is 2. The molecule has 0 saturated carbocycles. The van der Waals surface area contributed by atoms with Crippen molar-refractivity contribution in [2.45, 2.75) is 11.8 Å². The van der Waals surface area contributed by atoms with Crippen molar-refractivity contribution in [1.82, 2.24) is 0 Å². The van der Waals surface area contributed by atoms with Gasteiger partial charge in [-0.2, -0.15) is 5.26 Å². The zero-order valence-electron chi connectivity index (χ0n) is 13.0. The van der Waals surface area contributed by atoms with E-state index in [1.165, 1.54) is 18.2 Å². The number of hydrogen-bond acceptors (Lipinski definition) is 5. The van der Waals surface area contributed by atoms with Gasteiger partial charge in [-0.15, -0.1) is 0 Å². The van der Waals surface area contributed by atoms with Crippen molar-refractivity contribution >= 4 is 15.9 Å². The molecule has 0 fully saturated rings. The molecule has 0 atom stereocenters. The quantitative estimate of drug-likeness (QED) is 0.802. The van der Waals surface area contributed by atoms with Crippen molar-refractivity contribution in [3.63, 3.8) is 0 Å². The standard InChI is InChI=1S/C18H15NO4S/c1-13-2-5-15(6-3-13)24(20,21)16(12-19)10-14-4-7-17-18(11-14)23-9-8-22-17/h2-7,10-11H,8-9H2,1H3/b16-10+. The molecule has 0 radical (unpaired) electrons. The number of nitriles is 1. The minimum absolute atomic E-state index is 0.0958. The van der Waals surface area contributed by atoms with Gasteiger partial charge in [0.2, 0.25) is 9.84 Å². The molecular weight excluding hydrogens is 326 g/mol. The maximum absolute atomic E-state index is 12.6. The van der Waals surface area contributed by atoms with E-state index < -0.39 is 9.84 Å². The van der Waals surface area contributed by atoms with E-state index in [1.807, 2.05) is 6.92 Å². The van der Waals surface area contributed by atoms with Gasteiger partial charge in [0.15, 0.2) is 11.5 Å². The van der Waals surface area contributed by atoms with Gasteiger partial charge in [0.1, 0.15) is 24.2 Å². The number of sulfone groups is 1. The molecule has 0 N–H and O–H groups in total. The average Bonchev–Trinajstić information content (AvgIpc) is 2.59. The smallest absolute Gasteiger partial charge is 0.216 e. The Labute approximate surface area is 140 Å². The second-order valence-electron chi connectivity index (χ2n) is 5.34. The molecule has 3 rings (SSSR count). The zero-order valence-corrected chi connectivity index (χ0v) is 13.8. The Balaban J connectivity index is 2.00. The van der Waals surface area contributed by atoms with Crippen molar-refractivity contribution in [1.29, 1.82) is 5.26 Å². The first-order valence-electron chi connectivity index (χ1n) is 7.34. The lowest BCUT2D eigenvalue weighted by Crippen LogP contribution is -2.15. The first-order valence-corrected chi connectivity index (χ1v) is 8.82. The number of nitrogens with zero attached hydrogens (tertiary/aromatic N) is 1. The third-order valence-electron chi connectivity index (χ3n) is 3.59. The van der Waals surface area contributed by atoms with Crippen LogP contribution in [0.15, 0.2) is 52.3 Å². The molecule has 0 aromatic heterocycles. The van der Waals surface area contributed by atoms with Crippen molar-refractivity contribution in [3.8, 4) is 17.6 Å². The molecule has 1 aliphatic rings. The van der Waals surface area contributed by atoms with Gasteiger partial charge in [-0.1, -0.05) is 23.8 Å². The monoisotopic (exact) mass is 341 g/mol. The Hall–Kier alpha value is -2.78. The summed E-state index contributed by atoms with van der Waals surface area (Å²) in [6.45, 7) is 2.78. The van der Waals surface area contributed by atoms with Crippen LogP contribution in [0.3, 0.4) is 0 Å². The zero-order chi connectivity index (χ0) is 17.2.